The van der Waals surface area contributed by atoms with E-state index in [9.17, 15) is 9.90 Å². The first-order valence-electron chi connectivity index (χ1n) is 9.02. The van der Waals surface area contributed by atoms with Crippen LogP contribution >= 0.6 is 0 Å². The lowest BCUT2D eigenvalue weighted by molar-refractivity contribution is 0.126. The third-order valence-electron chi connectivity index (χ3n) is 4.81. The Hall–Kier alpha value is -0.810. The molecule has 2 aliphatic carbocycles. The third-order valence-corrected chi connectivity index (χ3v) is 4.81. The molecule has 0 aromatic heterocycles. The molecule has 22 heavy (non-hydrogen) atoms. The molecular weight excluding hydrogens is 280 g/mol. The zero-order valence-electron chi connectivity index (χ0n) is 13.7. The average Bonchev–Trinajstić information content (AvgIpc) is 3.33. The van der Waals surface area contributed by atoms with E-state index in [2.05, 4.69) is 10.6 Å². The molecule has 2 rings (SSSR count). The van der Waals surface area contributed by atoms with Gasteiger partial charge in [-0.3, -0.25) is 0 Å². The molecule has 5 nitrogen and oxygen atoms in total. The number of carbonyl (C=O) groups excluding carboxylic acids is 1. The van der Waals surface area contributed by atoms with Gasteiger partial charge in [0.05, 0.1) is 6.61 Å². The Kier molecular flexibility index (Phi) is 8.02. The number of rotatable bonds is 9. The van der Waals surface area contributed by atoms with Crippen molar-refractivity contribution in [3.63, 3.8) is 0 Å². The van der Waals surface area contributed by atoms with Crippen molar-refractivity contribution in [3.05, 3.63) is 0 Å². The Morgan fingerprint density at radius 2 is 1.86 bits per heavy atom. The number of aliphatic hydroxyl groups is 1. The number of hydrogen-bond donors (Lipinski definition) is 3. The van der Waals surface area contributed by atoms with Gasteiger partial charge in [-0.1, -0.05) is 25.7 Å². The molecule has 0 aromatic carbocycles. The highest BCUT2D eigenvalue weighted by Gasteiger charge is 2.24. The summed E-state index contributed by atoms with van der Waals surface area (Å²) in [4.78, 5) is 12.0. The maximum atomic E-state index is 12.0. The maximum Gasteiger partial charge on any atom is 0.315 e. The maximum absolute atomic E-state index is 12.0. The van der Waals surface area contributed by atoms with Gasteiger partial charge in [-0.25, -0.2) is 4.79 Å². The first kappa shape index (κ1) is 17.5. The molecule has 0 spiro atoms. The highest BCUT2D eigenvalue weighted by atomic mass is 16.5. The second-order valence-electron chi connectivity index (χ2n) is 6.79. The SMILES string of the molecule is O=C(NCCOCC1CC1)NC(CCO)C1CCCCCC1. The number of amides is 2. The lowest BCUT2D eigenvalue weighted by Gasteiger charge is -2.26. The molecule has 0 radical (unpaired) electrons. The topological polar surface area (TPSA) is 70.6 Å². The summed E-state index contributed by atoms with van der Waals surface area (Å²) in [5, 5.41) is 15.2. The molecule has 2 amide bonds. The molecule has 0 bridgehead atoms. The van der Waals surface area contributed by atoms with Gasteiger partial charge in [0.2, 0.25) is 0 Å². The largest absolute Gasteiger partial charge is 0.396 e. The standard InChI is InChI=1S/C17H32N2O3/c20-11-9-16(15-5-3-1-2-4-6-15)19-17(21)18-10-12-22-13-14-7-8-14/h14-16,20H,1-13H2,(H2,18,19,21). The van der Waals surface area contributed by atoms with E-state index in [-0.39, 0.29) is 18.7 Å². The van der Waals surface area contributed by atoms with Gasteiger partial charge < -0.3 is 20.5 Å². The van der Waals surface area contributed by atoms with Crippen molar-refractivity contribution in [1.29, 1.82) is 0 Å². The fourth-order valence-electron chi connectivity index (χ4n) is 3.27. The summed E-state index contributed by atoms with van der Waals surface area (Å²) < 4.78 is 5.51. The number of urea groups is 1. The van der Waals surface area contributed by atoms with Gasteiger partial charge in [-0.2, -0.15) is 0 Å². The van der Waals surface area contributed by atoms with Gasteiger partial charge in [-0.15, -0.1) is 0 Å². The number of nitrogens with one attached hydrogen (secondary N) is 2. The molecule has 1 atom stereocenters. The molecular formula is C17H32N2O3. The smallest absolute Gasteiger partial charge is 0.315 e. The van der Waals surface area contributed by atoms with Crippen LogP contribution in [-0.4, -0.2) is 43.5 Å². The Bertz CT molecular complexity index is 313. The van der Waals surface area contributed by atoms with E-state index in [0.717, 1.165) is 25.4 Å². The van der Waals surface area contributed by atoms with Crippen molar-refractivity contribution in [1.82, 2.24) is 10.6 Å². The van der Waals surface area contributed by atoms with Gasteiger partial charge in [0, 0.05) is 25.8 Å². The van der Waals surface area contributed by atoms with Crippen molar-refractivity contribution in [2.45, 2.75) is 63.8 Å². The third kappa shape index (κ3) is 6.97. The van der Waals surface area contributed by atoms with E-state index >= 15 is 0 Å². The zero-order valence-corrected chi connectivity index (χ0v) is 13.7. The van der Waals surface area contributed by atoms with E-state index in [1.54, 1.807) is 0 Å². The average molecular weight is 312 g/mol. The summed E-state index contributed by atoms with van der Waals surface area (Å²) in [6.07, 6.45) is 10.6. The van der Waals surface area contributed by atoms with E-state index in [0.29, 0.717) is 25.5 Å². The van der Waals surface area contributed by atoms with Crippen molar-refractivity contribution >= 4 is 6.03 Å². The Morgan fingerprint density at radius 3 is 2.50 bits per heavy atom. The van der Waals surface area contributed by atoms with Crippen molar-refractivity contribution < 1.29 is 14.6 Å². The van der Waals surface area contributed by atoms with Crippen LogP contribution in [0.15, 0.2) is 0 Å². The molecule has 5 heteroatoms. The number of aliphatic hydroxyl groups excluding tert-OH is 1. The Morgan fingerprint density at radius 1 is 1.14 bits per heavy atom. The van der Waals surface area contributed by atoms with Crippen LogP contribution in [0.3, 0.4) is 0 Å². The quantitative estimate of drug-likeness (QED) is 0.452. The Balaban J connectivity index is 1.63. The molecule has 0 aromatic rings. The van der Waals surface area contributed by atoms with Crippen LogP contribution < -0.4 is 10.6 Å². The predicted octanol–water partition coefficient (Wildman–Crippen LogP) is 2.43. The van der Waals surface area contributed by atoms with Crippen LogP contribution in [-0.2, 0) is 4.74 Å². The summed E-state index contributed by atoms with van der Waals surface area (Å²) in [5.41, 5.74) is 0. The molecule has 0 heterocycles. The summed E-state index contributed by atoms with van der Waals surface area (Å²) >= 11 is 0. The van der Waals surface area contributed by atoms with Crippen molar-refractivity contribution in [2.24, 2.45) is 11.8 Å². The van der Waals surface area contributed by atoms with Crippen LogP contribution in [0.5, 0.6) is 0 Å². The van der Waals surface area contributed by atoms with Crippen LogP contribution in [0.4, 0.5) is 4.79 Å². The molecule has 3 N–H and O–H groups in total. The molecule has 128 valence electrons. The van der Waals surface area contributed by atoms with Crippen LogP contribution in [0.2, 0.25) is 0 Å². The second kappa shape index (κ2) is 10.1. The first-order chi connectivity index (χ1) is 10.8. The van der Waals surface area contributed by atoms with E-state index in [1.165, 1.54) is 38.5 Å². The van der Waals surface area contributed by atoms with Crippen LogP contribution in [0.25, 0.3) is 0 Å². The normalized spacial score (nSPS) is 21.1. The molecule has 1 unspecified atom stereocenters. The predicted molar refractivity (Wildman–Crippen MR) is 86.8 cm³/mol. The fourth-order valence-corrected chi connectivity index (χ4v) is 3.27. The molecule has 2 saturated carbocycles. The van der Waals surface area contributed by atoms with Crippen molar-refractivity contribution in [2.75, 3.05) is 26.4 Å². The van der Waals surface area contributed by atoms with Gasteiger partial charge >= 0.3 is 6.03 Å². The van der Waals surface area contributed by atoms with E-state index in [1.807, 2.05) is 0 Å². The van der Waals surface area contributed by atoms with Crippen LogP contribution in [0, 0.1) is 11.8 Å². The lowest BCUT2D eigenvalue weighted by atomic mass is 9.90. The van der Waals surface area contributed by atoms with Crippen LogP contribution in [0.1, 0.15) is 57.8 Å². The highest BCUT2D eigenvalue weighted by molar-refractivity contribution is 5.74. The van der Waals surface area contributed by atoms with E-state index < -0.39 is 0 Å². The van der Waals surface area contributed by atoms with E-state index in [4.69, 9.17) is 4.74 Å². The summed E-state index contributed by atoms with van der Waals surface area (Å²) in [7, 11) is 0. The van der Waals surface area contributed by atoms with Gasteiger partial charge in [0.25, 0.3) is 0 Å². The van der Waals surface area contributed by atoms with Crippen molar-refractivity contribution in [3.8, 4) is 0 Å². The monoisotopic (exact) mass is 312 g/mol. The second-order valence-corrected chi connectivity index (χ2v) is 6.79. The molecule has 0 saturated heterocycles. The highest BCUT2D eigenvalue weighted by Crippen LogP contribution is 2.28. The Labute approximate surface area is 134 Å². The number of hydrogen-bond acceptors (Lipinski definition) is 3. The zero-order chi connectivity index (χ0) is 15.6. The molecule has 0 aliphatic heterocycles. The van der Waals surface area contributed by atoms with Gasteiger partial charge in [0.15, 0.2) is 0 Å². The summed E-state index contributed by atoms with van der Waals surface area (Å²) in [5.74, 6) is 1.27. The minimum atomic E-state index is -0.127. The fraction of sp³-hybridized carbons (Fsp3) is 0.941. The van der Waals surface area contributed by atoms with Gasteiger partial charge in [0.1, 0.15) is 0 Å². The molecule has 2 fully saturated rings. The summed E-state index contributed by atoms with van der Waals surface area (Å²) in [6, 6.07) is -0.0341. The number of ether oxygens (including phenoxy) is 1. The molecule has 2 aliphatic rings. The first-order valence-corrected chi connectivity index (χ1v) is 9.02. The summed E-state index contributed by atoms with van der Waals surface area (Å²) in [6.45, 7) is 2.09. The minimum absolute atomic E-state index is 0.0930. The lowest BCUT2D eigenvalue weighted by Crippen LogP contribution is -2.46. The number of carbonyl (C=O) groups is 1. The minimum Gasteiger partial charge on any atom is -0.396 e. The van der Waals surface area contributed by atoms with Gasteiger partial charge in [-0.05, 0) is 43.9 Å².